The van der Waals surface area contributed by atoms with Gasteiger partial charge in [0.15, 0.2) is 0 Å². The molecule has 2 heteroatoms. The summed E-state index contributed by atoms with van der Waals surface area (Å²) in [6, 6.07) is 0.115. The van der Waals surface area contributed by atoms with Gasteiger partial charge in [0.1, 0.15) is 0 Å². The van der Waals surface area contributed by atoms with Crippen molar-refractivity contribution in [2.75, 3.05) is 0 Å². The minimum Gasteiger partial charge on any atom is -0.272 e. The number of nitrogens with zero attached hydrogens (tertiary/aromatic N) is 1. The summed E-state index contributed by atoms with van der Waals surface area (Å²) in [5.74, 6) is -0.0101. The molecule has 0 bridgehead atoms. The molecule has 1 atom stereocenters. The monoisotopic (exact) mass is 182 g/mol. The van der Waals surface area contributed by atoms with Crippen molar-refractivity contribution in [1.82, 2.24) is 0 Å². The van der Waals surface area contributed by atoms with E-state index in [2.05, 4.69) is 11.6 Å². The smallest absolute Gasteiger partial charge is 0.246 e. The molecule has 1 radical (unpaired) electrons. The van der Waals surface area contributed by atoms with Gasteiger partial charge in [-0.05, 0) is 19.8 Å². The first-order valence-electron chi connectivity index (χ1n) is 4.74. The van der Waals surface area contributed by atoms with E-state index >= 15 is 0 Å². The fourth-order valence-electron chi connectivity index (χ4n) is 0.817. The van der Waals surface area contributed by atoms with Gasteiger partial charge in [-0.1, -0.05) is 26.8 Å². The Morgan fingerprint density at radius 1 is 1.54 bits per heavy atom. The number of allylic oxidation sites excluding steroid dienone is 1. The molecule has 0 rings (SSSR count). The van der Waals surface area contributed by atoms with Crippen LogP contribution in [-0.2, 0) is 5.11 Å². The van der Waals surface area contributed by atoms with Crippen LogP contribution in [-0.4, -0.2) is 11.9 Å². The third-order valence-electron chi connectivity index (χ3n) is 1.77. The molecule has 0 fully saturated rings. The van der Waals surface area contributed by atoms with Crippen molar-refractivity contribution in [1.29, 1.82) is 0 Å². The fourth-order valence-corrected chi connectivity index (χ4v) is 0.817. The highest BCUT2D eigenvalue weighted by atomic mass is 16.3. The van der Waals surface area contributed by atoms with Crippen LogP contribution >= 0.6 is 0 Å². The molecule has 2 nitrogen and oxygen atoms in total. The molecule has 0 saturated carbocycles. The maximum Gasteiger partial charge on any atom is 0.246 e. The van der Waals surface area contributed by atoms with Crippen molar-refractivity contribution >= 4 is 5.90 Å². The molecule has 0 N–H and O–H groups in total. The van der Waals surface area contributed by atoms with Gasteiger partial charge in [-0.25, -0.2) is 4.99 Å². The molecule has 0 aromatic carbocycles. The van der Waals surface area contributed by atoms with Crippen molar-refractivity contribution in [2.24, 2.45) is 10.4 Å². The summed E-state index contributed by atoms with van der Waals surface area (Å²) in [6.07, 6.45) is 3.68. The standard InChI is InChI=1S/C11H20NO/c1-6-7-8-9(2)12-10(13)11(3,4)5/h6,9H,1,7-8H2,2-5H3. The molecule has 0 aliphatic rings. The zero-order valence-electron chi connectivity index (χ0n) is 9.13. The second kappa shape index (κ2) is 5.05. The van der Waals surface area contributed by atoms with Crippen LogP contribution in [0, 0.1) is 5.41 Å². The van der Waals surface area contributed by atoms with Crippen LogP contribution in [0.1, 0.15) is 40.5 Å². The Morgan fingerprint density at radius 2 is 2.08 bits per heavy atom. The second-order valence-corrected chi connectivity index (χ2v) is 4.40. The minimum atomic E-state index is -0.345. The minimum absolute atomic E-state index is 0.0101. The third kappa shape index (κ3) is 5.45. The topological polar surface area (TPSA) is 32.3 Å². The Morgan fingerprint density at radius 3 is 2.46 bits per heavy atom. The predicted molar refractivity (Wildman–Crippen MR) is 56.5 cm³/mol. The lowest BCUT2D eigenvalue weighted by atomic mass is 9.96. The summed E-state index contributed by atoms with van der Waals surface area (Å²) < 4.78 is 0. The summed E-state index contributed by atoms with van der Waals surface area (Å²) in [7, 11) is 0. The molecule has 0 aliphatic carbocycles. The van der Waals surface area contributed by atoms with E-state index < -0.39 is 0 Å². The highest BCUT2D eigenvalue weighted by molar-refractivity contribution is 5.79. The van der Waals surface area contributed by atoms with Crippen molar-refractivity contribution in [3.05, 3.63) is 12.7 Å². The predicted octanol–water partition coefficient (Wildman–Crippen LogP) is 3.22. The SMILES string of the molecule is C=CCCC(C)N=C([O])C(C)(C)C. The fraction of sp³-hybridized carbons (Fsp3) is 0.727. The summed E-state index contributed by atoms with van der Waals surface area (Å²) >= 11 is 0. The molecule has 1 unspecified atom stereocenters. The highest BCUT2D eigenvalue weighted by Crippen LogP contribution is 2.16. The Hall–Kier alpha value is -0.790. The summed E-state index contributed by atoms with van der Waals surface area (Å²) in [6.45, 7) is 11.3. The average molecular weight is 182 g/mol. The third-order valence-corrected chi connectivity index (χ3v) is 1.77. The zero-order chi connectivity index (χ0) is 10.5. The molecule has 0 aliphatic heterocycles. The van der Waals surface area contributed by atoms with Gasteiger partial charge in [0.2, 0.25) is 5.90 Å². The van der Waals surface area contributed by atoms with E-state index in [0.29, 0.717) is 0 Å². The summed E-state index contributed by atoms with van der Waals surface area (Å²) in [5.41, 5.74) is -0.345. The van der Waals surface area contributed by atoms with E-state index in [-0.39, 0.29) is 17.4 Å². The highest BCUT2D eigenvalue weighted by Gasteiger charge is 2.20. The lowest BCUT2D eigenvalue weighted by Crippen LogP contribution is -2.20. The molecule has 13 heavy (non-hydrogen) atoms. The summed E-state index contributed by atoms with van der Waals surface area (Å²) in [5, 5.41) is 11.4. The van der Waals surface area contributed by atoms with Crippen molar-refractivity contribution in [2.45, 2.75) is 46.6 Å². The van der Waals surface area contributed by atoms with E-state index in [4.69, 9.17) is 0 Å². The average Bonchev–Trinajstić information content (AvgIpc) is 1.99. The van der Waals surface area contributed by atoms with Gasteiger partial charge in [-0.3, -0.25) is 5.11 Å². The molecule has 0 aromatic heterocycles. The van der Waals surface area contributed by atoms with Crippen LogP contribution in [0.4, 0.5) is 0 Å². The van der Waals surface area contributed by atoms with Gasteiger partial charge in [0.25, 0.3) is 0 Å². The largest absolute Gasteiger partial charge is 0.272 e. The molecule has 0 spiro atoms. The van der Waals surface area contributed by atoms with E-state index in [1.807, 2.05) is 33.8 Å². The number of hydrogen-bond donors (Lipinski definition) is 0. The Labute approximate surface area is 81.4 Å². The van der Waals surface area contributed by atoms with E-state index in [0.717, 1.165) is 12.8 Å². The van der Waals surface area contributed by atoms with Crippen LogP contribution in [0.5, 0.6) is 0 Å². The first-order valence-corrected chi connectivity index (χ1v) is 4.74. The first-order chi connectivity index (χ1) is 5.88. The van der Waals surface area contributed by atoms with Gasteiger partial charge >= 0.3 is 0 Å². The number of aliphatic imine (C=N–C) groups is 1. The number of rotatable bonds is 4. The Kier molecular flexibility index (Phi) is 4.74. The molecule has 0 amide bonds. The Bertz CT molecular complexity index is 189. The van der Waals surface area contributed by atoms with Crippen LogP contribution < -0.4 is 0 Å². The zero-order valence-corrected chi connectivity index (χ0v) is 9.13. The number of hydrogen-bond acceptors (Lipinski definition) is 1. The second-order valence-electron chi connectivity index (χ2n) is 4.40. The normalized spacial score (nSPS) is 15.5. The quantitative estimate of drug-likeness (QED) is 0.363. The molecule has 0 saturated heterocycles. The van der Waals surface area contributed by atoms with E-state index in [1.165, 1.54) is 0 Å². The lowest BCUT2D eigenvalue weighted by Gasteiger charge is -2.14. The van der Waals surface area contributed by atoms with Gasteiger partial charge < -0.3 is 0 Å². The van der Waals surface area contributed by atoms with Crippen molar-refractivity contribution in [3.8, 4) is 0 Å². The molecular formula is C11H20NO. The molecular weight excluding hydrogens is 162 g/mol. The van der Waals surface area contributed by atoms with Crippen LogP contribution in [0.15, 0.2) is 17.6 Å². The molecule has 0 aromatic rings. The van der Waals surface area contributed by atoms with Crippen LogP contribution in [0.3, 0.4) is 0 Å². The van der Waals surface area contributed by atoms with Gasteiger partial charge in [-0.2, -0.15) is 0 Å². The van der Waals surface area contributed by atoms with Gasteiger partial charge in [-0.15, -0.1) is 6.58 Å². The van der Waals surface area contributed by atoms with Crippen molar-refractivity contribution < 1.29 is 5.11 Å². The lowest BCUT2D eigenvalue weighted by molar-refractivity contribution is 0.339. The molecule has 75 valence electrons. The van der Waals surface area contributed by atoms with Gasteiger partial charge in [0, 0.05) is 5.41 Å². The van der Waals surface area contributed by atoms with Crippen molar-refractivity contribution in [3.63, 3.8) is 0 Å². The van der Waals surface area contributed by atoms with Crippen LogP contribution in [0.2, 0.25) is 0 Å². The van der Waals surface area contributed by atoms with E-state index in [1.54, 1.807) is 0 Å². The van der Waals surface area contributed by atoms with E-state index in [9.17, 15) is 5.11 Å². The molecule has 0 heterocycles. The first kappa shape index (κ1) is 12.2. The maximum atomic E-state index is 11.4. The Balaban J connectivity index is 4.13. The summed E-state index contributed by atoms with van der Waals surface area (Å²) in [4.78, 5) is 4.10. The van der Waals surface area contributed by atoms with Gasteiger partial charge in [0.05, 0.1) is 6.04 Å². The maximum absolute atomic E-state index is 11.4. The van der Waals surface area contributed by atoms with Crippen LogP contribution in [0.25, 0.3) is 0 Å².